The lowest BCUT2D eigenvalue weighted by Crippen LogP contribution is -2.35. The van der Waals surface area contributed by atoms with Crippen LogP contribution in [0.3, 0.4) is 0 Å². The quantitative estimate of drug-likeness (QED) is 0.120. The fraction of sp³-hybridized carbons (Fsp3) is 0.343. The van der Waals surface area contributed by atoms with Crippen molar-refractivity contribution in [2.45, 2.75) is 64.6 Å². The normalized spacial score (nSPS) is 14.2. The van der Waals surface area contributed by atoms with E-state index in [1.807, 2.05) is 13.0 Å². The highest BCUT2D eigenvalue weighted by atomic mass is 35.5. The van der Waals surface area contributed by atoms with Crippen LogP contribution in [0.25, 0.3) is 5.82 Å². The van der Waals surface area contributed by atoms with E-state index >= 15 is 0 Å². The molecule has 2 aromatic heterocycles. The third kappa shape index (κ3) is 9.42. The van der Waals surface area contributed by atoms with Crippen molar-refractivity contribution >= 4 is 33.3 Å². The fourth-order valence-corrected chi connectivity index (χ4v) is 6.71. The van der Waals surface area contributed by atoms with E-state index in [1.54, 1.807) is 6.92 Å². The third-order valence-electron chi connectivity index (χ3n) is 8.67. The Kier molecular flexibility index (Phi) is 11.1. The molecule has 280 valence electrons. The molecule has 2 aromatic carbocycles. The minimum atomic E-state index is -5.16. The number of nitrogens with zero attached hydrogens (tertiary/aromatic N) is 5. The number of nitriles is 1. The van der Waals surface area contributed by atoms with E-state index in [-0.39, 0.29) is 45.5 Å². The van der Waals surface area contributed by atoms with Crippen LogP contribution in [0.2, 0.25) is 5.02 Å². The molecule has 5 rings (SSSR count). The molecule has 53 heavy (non-hydrogen) atoms. The van der Waals surface area contributed by atoms with E-state index in [0.717, 1.165) is 17.5 Å². The summed E-state index contributed by atoms with van der Waals surface area (Å²) in [5.41, 5.74) is -3.07. The van der Waals surface area contributed by atoms with Crippen LogP contribution in [0.4, 0.5) is 26.3 Å². The lowest BCUT2D eigenvalue weighted by molar-refractivity contribution is -0.143. The topological polar surface area (TPSA) is 138 Å². The van der Waals surface area contributed by atoms with Crippen LogP contribution in [0.5, 0.6) is 0 Å². The molecule has 1 amide bonds. The predicted molar refractivity (Wildman–Crippen MR) is 180 cm³/mol. The zero-order valence-electron chi connectivity index (χ0n) is 28.3. The molecule has 4 aromatic rings. The number of halogens is 7. The second-order valence-electron chi connectivity index (χ2n) is 12.8. The molecule has 1 aliphatic rings. The Morgan fingerprint density at radius 1 is 1.06 bits per heavy atom. The van der Waals surface area contributed by atoms with Gasteiger partial charge in [0.1, 0.15) is 5.69 Å². The molecule has 1 fully saturated rings. The number of rotatable bonds is 12. The van der Waals surface area contributed by atoms with Gasteiger partial charge >= 0.3 is 12.4 Å². The van der Waals surface area contributed by atoms with Gasteiger partial charge in [0, 0.05) is 30.8 Å². The second kappa shape index (κ2) is 14.9. The fourth-order valence-electron chi connectivity index (χ4n) is 5.75. The maximum Gasteiger partial charge on any atom is 0.416 e. The van der Waals surface area contributed by atoms with Crippen molar-refractivity contribution in [3.05, 3.63) is 110 Å². The highest BCUT2D eigenvalue weighted by Gasteiger charge is 2.37. The van der Waals surface area contributed by atoms with Crippen LogP contribution in [0.1, 0.15) is 79.7 Å². The molecule has 0 radical (unpaired) electrons. The predicted octanol–water partition coefficient (Wildman–Crippen LogP) is 7.05. The van der Waals surface area contributed by atoms with E-state index in [0.29, 0.717) is 39.7 Å². The van der Waals surface area contributed by atoms with Gasteiger partial charge in [-0.25, -0.2) is 18.1 Å². The van der Waals surface area contributed by atoms with Gasteiger partial charge in [-0.05, 0) is 97.8 Å². The number of pyridine rings is 1. The number of Topliss-reactive ketones (excluding diaryl/α,β-unsaturated/α-hetero) is 1. The molecule has 18 heteroatoms. The number of alkyl halides is 6. The first-order chi connectivity index (χ1) is 24.6. The average molecular weight is 781 g/mol. The first-order valence-corrected chi connectivity index (χ1v) is 18.2. The molecule has 0 spiro atoms. The summed E-state index contributed by atoms with van der Waals surface area (Å²) in [6.07, 6.45) is -6.74. The van der Waals surface area contributed by atoms with E-state index < -0.39 is 70.3 Å². The molecule has 0 aliphatic heterocycles. The number of amides is 1. The number of benzene rings is 2. The van der Waals surface area contributed by atoms with Crippen molar-refractivity contribution in [1.29, 1.82) is 5.26 Å². The lowest BCUT2D eigenvalue weighted by atomic mass is 9.93. The number of sulfonamides is 1. The molecule has 2 heterocycles. The summed E-state index contributed by atoms with van der Waals surface area (Å²) < 4.78 is 109. The van der Waals surface area contributed by atoms with Gasteiger partial charge in [0.2, 0.25) is 10.0 Å². The van der Waals surface area contributed by atoms with Crippen molar-refractivity contribution in [2.24, 2.45) is 5.92 Å². The van der Waals surface area contributed by atoms with E-state index in [9.17, 15) is 49.6 Å². The van der Waals surface area contributed by atoms with Crippen molar-refractivity contribution in [1.82, 2.24) is 24.4 Å². The number of hydrogen-bond acceptors (Lipinski definition) is 7. The lowest BCUT2D eigenvalue weighted by Gasteiger charge is -2.21. The zero-order valence-corrected chi connectivity index (χ0v) is 29.9. The van der Waals surface area contributed by atoms with E-state index in [4.69, 9.17) is 11.6 Å². The minimum Gasteiger partial charge on any atom is -0.349 e. The zero-order chi connectivity index (χ0) is 39.0. The number of ketones is 1. The van der Waals surface area contributed by atoms with E-state index in [1.165, 1.54) is 36.5 Å². The molecule has 0 bridgehead atoms. The Morgan fingerprint density at radius 2 is 1.70 bits per heavy atom. The van der Waals surface area contributed by atoms with Gasteiger partial charge in [0.05, 0.1) is 46.3 Å². The smallest absolute Gasteiger partial charge is 0.349 e. The first kappa shape index (κ1) is 39.4. The van der Waals surface area contributed by atoms with Crippen LogP contribution in [-0.2, 0) is 41.9 Å². The Balaban J connectivity index is 1.54. The largest absolute Gasteiger partial charge is 0.416 e. The Labute approximate surface area is 305 Å². The minimum absolute atomic E-state index is 0.0310. The first-order valence-electron chi connectivity index (χ1n) is 16.0. The highest BCUT2D eigenvalue weighted by Crippen LogP contribution is 2.37. The molecule has 10 nitrogen and oxygen atoms in total. The molecule has 1 unspecified atom stereocenters. The molecule has 1 saturated carbocycles. The maximum absolute atomic E-state index is 14.1. The summed E-state index contributed by atoms with van der Waals surface area (Å²) in [6.45, 7) is 1.90. The monoisotopic (exact) mass is 780 g/mol. The molecule has 0 saturated heterocycles. The number of hydrogen-bond donors (Lipinski definition) is 1. The van der Waals surface area contributed by atoms with Gasteiger partial charge in [-0.1, -0.05) is 11.6 Å². The molecule has 1 atom stereocenters. The molecule has 1 aliphatic carbocycles. The van der Waals surface area contributed by atoms with Crippen molar-refractivity contribution < 1.29 is 44.3 Å². The maximum atomic E-state index is 14.1. The van der Waals surface area contributed by atoms with Crippen LogP contribution in [-0.4, -0.2) is 51.5 Å². The summed E-state index contributed by atoms with van der Waals surface area (Å²) in [5.74, 6) is -0.857. The summed E-state index contributed by atoms with van der Waals surface area (Å²) in [6, 6.07) is 9.68. The van der Waals surface area contributed by atoms with Gasteiger partial charge < -0.3 is 5.32 Å². The Bertz CT molecular complexity index is 2200. The van der Waals surface area contributed by atoms with Crippen molar-refractivity contribution in [3.63, 3.8) is 0 Å². The van der Waals surface area contributed by atoms with Gasteiger partial charge in [-0.2, -0.15) is 41.0 Å². The summed E-state index contributed by atoms with van der Waals surface area (Å²) in [5, 5.41) is 16.9. The summed E-state index contributed by atoms with van der Waals surface area (Å²) in [7, 11) is -4.32. The highest BCUT2D eigenvalue weighted by molar-refractivity contribution is 7.88. The van der Waals surface area contributed by atoms with Crippen LogP contribution < -0.4 is 5.32 Å². The van der Waals surface area contributed by atoms with Crippen molar-refractivity contribution in [3.8, 4) is 11.9 Å². The summed E-state index contributed by atoms with van der Waals surface area (Å²) >= 11 is 6.39. The summed E-state index contributed by atoms with van der Waals surface area (Å²) in [4.78, 5) is 31.7. The van der Waals surface area contributed by atoms with Crippen LogP contribution in [0, 0.1) is 24.2 Å². The standard InChI is InChI=1S/C35H31ClF6N6O4S/c1-19-9-21(16-43)12-28(33(50)45-20(2)23-6-7-23)27(19)15-31(49)30-14-26(46-48(30)32-29(36)5-4-8-44-32)18-47(53(3,51)52)17-22-10-24(34(37,38)39)13-25(11-22)35(40,41)42/h4-5,8-14,20,23H,6-7,15,17-18H2,1-3H3,(H,45,50). The Hall–Kier alpha value is -4.79. The van der Waals surface area contributed by atoms with Gasteiger partial charge in [0.15, 0.2) is 11.6 Å². The number of aryl methyl sites for hydroxylation is 1. The van der Waals surface area contributed by atoms with Gasteiger partial charge in [-0.15, -0.1) is 0 Å². The van der Waals surface area contributed by atoms with Crippen LogP contribution >= 0.6 is 11.6 Å². The second-order valence-corrected chi connectivity index (χ2v) is 15.2. The van der Waals surface area contributed by atoms with Crippen LogP contribution in [0.15, 0.2) is 54.7 Å². The molecular formula is C35H31ClF6N6O4S. The van der Waals surface area contributed by atoms with Crippen molar-refractivity contribution in [2.75, 3.05) is 6.26 Å². The number of carbonyl (C=O) groups is 2. The van der Waals surface area contributed by atoms with Gasteiger partial charge in [-0.3, -0.25) is 9.59 Å². The SMILES string of the molecule is Cc1cc(C#N)cc(C(=O)NC(C)C2CC2)c1CC(=O)c1cc(CN(Cc2cc(C(F)(F)F)cc(C(F)(F)F)c2)S(C)(=O)=O)nn1-c1ncccc1Cl. The Morgan fingerprint density at radius 3 is 2.25 bits per heavy atom. The average Bonchev–Trinajstić information content (AvgIpc) is 3.84. The van der Waals surface area contributed by atoms with E-state index in [2.05, 4.69) is 15.4 Å². The molecule has 1 N–H and O–H groups in total. The van der Waals surface area contributed by atoms with Gasteiger partial charge in [0.25, 0.3) is 5.91 Å². The molecular weight excluding hydrogens is 750 g/mol. The number of nitrogens with one attached hydrogen (secondary N) is 1. The number of carbonyl (C=O) groups excluding carboxylic acids is 2. The third-order valence-corrected chi connectivity index (χ3v) is 10.2. The number of aromatic nitrogens is 3.